The van der Waals surface area contributed by atoms with Crippen LogP contribution in [0, 0.1) is 12.8 Å². The van der Waals surface area contributed by atoms with Gasteiger partial charge < -0.3 is 10.1 Å². The highest BCUT2D eigenvalue weighted by molar-refractivity contribution is 5.29. The third-order valence-corrected chi connectivity index (χ3v) is 2.79. The third kappa shape index (κ3) is 3.20. The van der Waals surface area contributed by atoms with Gasteiger partial charge in [0.05, 0.1) is 12.3 Å². The molecule has 0 unspecified atom stereocenters. The molecule has 1 fully saturated rings. The normalized spacial score (nSPS) is 15.1. The fourth-order valence-electron chi connectivity index (χ4n) is 1.59. The average Bonchev–Trinajstić information content (AvgIpc) is 3.09. The van der Waals surface area contributed by atoms with Crippen molar-refractivity contribution in [2.24, 2.45) is 5.92 Å². The van der Waals surface area contributed by atoms with E-state index in [-0.39, 0.29) is 0 Å². The minimum atomic E-state index is 0.785. The summed E-state index contributed by atoms with van der Waals surface area (Å²) in [6.45, 7) is 6.71. The SMILES string of the molecule is CCNCc1nc(C)ccc1OCC1CC1. The van der Waals surface area contributed by atoms with E-state index in [1.807, 2.05) is 19.1 Å². The molecule has 1 aromatic rings. The van der Waals surface area contributed by atoms with Gasteiger partial charge >= 0.3 is 0 Å². The Labute approximate surface area is 97.2 Å². The lowest BCUT2D eigenvalue weighted by Gasteiger charge is -2.11. The molecular formula is C13H20N2O. The van der Waals surface area contributed by atoms with Gasteiger partial charge in [0.1, 0.15) is 5.75 Å². The first-order valence-electron chi connectivity index (χ1n) is 6.09. The van der Waals surface area contributed by atoms with Gasteiger partial charge in [-0.1, -0.05) is 6.92 Å². The Hall–Kier alpha value is -1.09. The van der Waals surface area contributed by atoms with E-state index in [0.717, 1.165) is 42.8 Å². The molecule has 0 atom stereocenters. The fraction of sp³-hybridized carbons (Fsp3) is 0.615. The van der Waals surface area contributed by atoms with Crippen LogP contribution in [0.2, 0.25) is 0 Å². The van der Waals surface area contributed by atoms with Crippen molar-refractivity contribution < 1.29 is 4.74 Å². The maximum absolute atomic E-state index is 5.81. The summed E-state index contributed by atoms with van der Waals surface area (Å²) in [7, 11) is 0. The van der Waals surface area contributed by atoms with Crippen LogP contribution >= 0.6 is 0 Å². The van der Waals surface area contributed by atoms with Crippen LogP contribution in [-0.2, 0) is 6.54 Å². The van der Waals surface area contributed by atoms with Gasteiger partial charge in [-0.15, -0.1) is 0 Å². The van der Waals surface area contributed by atoms with Crippen LogP contribution < -0.4 is 10.1 Å². The molecule has 0 aromatic carbocycles. The fourth-order valence-corrected chi connectivity index (χ4v) is 1.59. The first-order valence-corrected chi connectivity index (χ1v) is 6.09. The second-order valence-electron chi connectivity index (χ2n) is 4.43. The van der Waals surface area contributed by atoms with E-state index in [0.29, 0.717) is 0 Å². The molecule has 3 heteroatoms. The molecule has 0 aliphatic heterocycles. The van der Waals surface area contributed by atoms with Crippen LogP contribution in [0.3, 0.4) is 0 Å². The Morgan fingerprint density at radius 2 is 2.25 bits per heavy atom. The summed E-state index contributed by atoms with van der Waals surface area (Å²) in [5.41, 5.74) is 2.08. The molecule has 1 saturated carbocycles. The first kappa shape index (κ1) is 11.4. The van der Waals surface area contributed by atoms with Gasteiger partial charge in [-0.3, -0.25) is 4.98 Å². The predicted octanol–water partition coefficient (Wildman–Crippen LogP) is 2.29. The van der Waals surface area contributed by atoms with Crippen molar-refractivity contribution >= 4 is 0 Å². The standard InChI is InChI=1S/C13H20N2O/c1-3-14-8-12-13(7-4-10(2)15-12)16-9-11-5-6-11/h4,7,11,14H,3,5-6,8-9H2,1-2H3. The highest BCUT2D eigenvalue weighted by atomic mass is 16.5. The van der Waals surface area contributed by atoms with Gasteiger partial charge in [-0.2, -0.15) is 0 Å². The summed E-state index contributed by atoms with van der Waals surface area (Å²) in [6.07, 6.45) is 2.64. The summed E-state index contributed by atoms with van der Waals surface area (Å²) in [5.74, 6) is 1.73. The number of ether oxygens (including phenoxy) is 1. The van der Waals surface area contributed by atoms with E-state index in [9.17, 15) is 0 Å². The Bertz CT molecular complexity index is 348. The zero-order valence-electron chi connectivity index (χ0n) is 10.1. The van der Waals surface area contributed by atoms with E-state index in [1.54, 1.807) is 0 Å². The molecule has 1 aromatic heterocycles. The zero-order chi connectivity index (χ0) is 11.4. The monoisotopic (exact) mass is 220 g/mol. The summed E-state index contributed by atoms with van der Waals surface area (Å²) < 4.78 is 5.81. The summed E-state index contributed by atoms with van der Waals surface area (Å²) in [5, 5.41) is 3.29. The Kier molecular flexibility index (Phi) is 3.78. The van der Waals surface area contributed by atoms with Crippen LogP contribution in [0.5, 0.6) is 5.75 Å². The molecule has 1 heterocycles. The molecule has 1 N–H and O–H groups in total. The molecule has 1 aliphatic rings. The zero-order valence-corrected chi connectivity index (χ0v) is 10.1. The number of hydrogen-bond acceptors (Lipinski definition) is 3. The number of nitrogens with zero attached hydrogens (tertiary/aromatic N) is 1. The molecule has 2 rings (SSSR count). The summed E-state index contributed by atoms with van der Waals surface area (Å²) in [6, 6.07) is 4.05. The van der Waals surface area contributed by atoms with Crippen LogP contribution in [-0.4, -0.2) is 18.1 Å². The number of hydrogen-bond donors (Lipinski definition) is 1. The molecule has 0 radical (unpaired) electrons. The largest absolute Gasteiger partial charge is 0.491 e. The molecule has 0 amide bonds. The molecule has 0 bridgehead atoms. The number of nitrogens with one attached hydrogen (secondary N) is 1. The van der Waals surface area contributed by atoms with E-state index < -0.39 is 0 Å². The predicted molar refractivity (Wildman–Crippen MR) is 64.6 cm³/mol. The third-order valence-electron chi connectivity index (χ3n) is 2.79. The quantitative estimate of drug-likeness (QED) is 0.798. The average molecular weight is 220 g/mol. The minimum absolute atomic E-state index is 0.785. The van der Waals surface area contributed by atoms with Crippen LogP contribution in [0.25, 0.3) is 0 Å². The lowest BCUT2D eigenvalue weighted by molar-refractivity contribution is 0.294. The van der Waals surface area contributed by atoms with E-state index >= 15 is 0 Å². The van der Waals surface area contributed by atoms with E-state index in [2.05, 4.69) is 17.2 Å². The summed E-state index contributed by atoms with van der Waals surface area (Å²) in [4.78, 5) is 4.52. The Morgan fingerprint density at radius 3 is 2.94 bits per heavy atom. The number of pyridine rings is 1. The second kappa shape index (κ2) is 5.30. The molecule has 1 aliphatic carbocycles. The van der Waals surface area contributed by atoms with Crippen LogP contribution in [0.4, 0.5) is 0 Å². The molecular weight excluding hydrogens is 200 g/mol. The van der Waals surface area contributed by atoms with Gasteiger partial charge in [0, 0.05) is 12.2 Å². The molecule has 3 nitrogen and oxygen atoms in total. The van der Waals surface area contributed by atoms with Crippen molar-refractivity contribution in [3.05, 3.63) is 23.5 Å². The molecule has 0 saturated heterocycles. The van der Waals surface area contributed by atoms with Crippen molar-refractivity contribution in [2.45, 2.75) is 33.2 Å². The lowest BCUT2D eigenvalue weighted by atomic mass is 10.3. The number of aryl methyl sites for hydroxylation is 1. The van der Waals surface area contributed by atoms with Gasteiger partial charge in [-0.25, -0.2) is 0 Å². The minimum Gasteiger partial charge on any atom is -0.491 e. The number of aromatic nitrogens is 1. The van der Waals surface area contributed by atoms with Crippen LogP contribution in [0.1, 0.15) is 31.2 Å². The van der Waals surface area contributed by atoms with Gasteiger partial charge in [0.2, 0.25) is 0 Å². The van der Waals surface area contributed by atoms with Crippen molar-refractivity contribution in [1.82, 2.24) is 10.3 Å². The Morgan fingerprint density at radius 1 is 1.44 bits per heavy atom. The van der Waals surface area contributed by atoms with Crippen molar-refractivity contribution in [3.63, 3.8) is 0 Å². The van der Waals surface area contributed by atoms with E-state index in [4.69, 9.17) is 4.74 Å². The lowest BCUT2D eigenvalue weighted by Crippen LogP contribution is -2.15. The smallest absolute Gasteiger partial charge is 0.142 e. The first-order chi connectivity index (χ1) is 7.79. The molecule has 88 valence electrons. The topological polar surface area (TPSA) is 34.2 Å². The number of rotatable bonds is 6. The Balaban J connectivity index is 2.00. The van der Waals surface area contributed by atoms with Crippen molar-refractivity contribution in [2.75, 3.05) is 13.2 Å². The van der Waals surface area contributed by atoms with Gasteiger partial charge in [0.25, 0.3) is 0 Å². The van der Waals surface area contributed by atoms with Crippen molar-refractivity contribution in [3.8, 4) is 5.75 Å². The highest BCUT2D eigenvalue weighted by Gasteiger charge is 2.22. The second-order valence-corrected chi connectivity index (χ2v) is 4.43. The highest BCUT2D eigenvalue weighted by Crippen LogP contribution is 2.30. The van der Waals surface area contributed by atoms with Crippen LogP contribution in [0.15, 0.2) is 12.1 Å². The van der Waals surface area contributed by atoms with Crippen molar-refractivity contribution in [1.29, 1.82) is 0 Å². The van der Waals surface area contributed by atoms with Gasteiger partial charge in [-0.05, 0) is 44.4 Å². The molecule has 16 heavy (non-hydrogen) atoms. The van der Waals surface area contributed by atoms with E-state index in [1.165, 1.54) is 12.8 Å². The van der Waals surface area contributed by atoms with Gasteiger partial charge in [0.15, 0.2) is 0 Å². The maximum Gasteiger partial charge on any atom is 0.142 e. The molecule has 0 spiro atoms. The maximum atomic E-state index is 5.81. The summed E-state index contributed by atoms with van der Waals surface area (Å²) >= 11 is 0.